The Morgan fingerprint density at radius 2 is 1.56 bits per heavy atom. The standard InChI is InChI=1S/C23H38O11/c1-10(24)31-9-18-19(28)20(29)21(30)23(34-18)33-17-8-14-15(27)6-13(26)7-16(14)32-22(17)11-2-4-12(25)5-3-11/h11-23,25-30H,2-9H2,1H3/t11?,12?,13?,14?,15?,16?,17?,18-,19-,20+,21-,22?,23-/m1/s1. The quantitative estimate of drug-likeness (QED) is 0.250. The topological polar surface area (TPSA) is 175 Å². The molecule has 0 radical (unpaired) electrons. The van der Waals surface area contributed by atoms with Crippen LogP contribution < -0.4 is 0 Å². The lowest BCUT2D eigenvalue weighted by atomic mass is 9.73. The zero-order valence-corrected chi connectivity index (χ0v) is 19.4. The molecular weight excluding hydrogens is 452 g/mol. The molecule has 11 atom stereocenters. The molecule has 34 heavy (non-hydrogen) atoms. The van der Waals surface area contributed by atoms with Gasteiger partial charge in [0, 0.05) is 12.8 Å². The van der Waals surface area contributed by atoms with Crippen LogP contribution in [0.5, 0.6) is 0 Å². The summed E-state index contributed by atoms with van der Waals surface area (Å²) in [7, 11) is 0. The fraction of sp³-hybridized carbons (Fsp3) is 0.957. The number of esters is 1. The van der Waals surface area contributed by atoms with Gasteiger partial charge in [0.15, 0.2) is 6.29 Å². The van der Waals surface area contributed by atoms with E-state index in [4.69, 9.17) is 18.9 Å². The minimum atomic E-state index is -1.57. The van der Waals surface area contributed by atoms with E-state index in [1.807, 2.05) is 0 Å². The molecule has 4 fully saturated rings. The molecular formula is C23H38O11. The van der Waals surface area contributed by atoms with Crippen molar-refractivity contribution in [1.29, 1.82) is 0 Å². The Labute approximate surface area is 198 Å². The fourth-order valence-electron chi connectivity index (χ4n) is 5.91. The van der Waals surface area contributed by atoms with Crippen molar-refractivity contribution in [2.75, 3.05) is 6.61 Å². The molecule has 4 rings (SSSR count). The molecule has 11 nitrogen and oxygen atoms in total. The summed E-state index contributed by atoms with van der Waals surface area (Å²) in [5.74, 6) is -0.779. The zero-order valence-electron chi connectivity index (χ0n) is 19.4. The van der Waals surface area contributed by atoms with Crippen molar-refractivity contribution in [3.63, 3.8) is 0 Å². The summed E-state index contributed by atoms with van der Waals surface area (Å²) in [5, 5.41) is 61.8. The number of carbonyl (C=O) groups is 1. The molecule has 0 aromatic carbocycles. The van der Waals surface area contributed by atoms with Gasteiger partial charge in [-0.05, 0) is 50.9 Å². The Kier molecular flexibility index (Phi) is 8.48. The summed E-state index contributed by atoms with van der Waals surface area (Å²) in [4.78, 5) is 11.2. The summed E-state index contributed by atoms with van der Waals surface area (Å²) < 4.78 is 23.2. The number of hydrogen-bond acceptors (Lipinski definition) is 11. The second-order valence-corrected chi connectivity index (χ2v) is 10.3. The molecule has 196 valence electrons. The molecule has 2 heterocycles. The maximum absolute atomic E-state index is 11.2. The van der Waals surface area contributed by atoms with Crippen molar-refractivity contribution >= 4 is 5.97 Å². The third kappa shape index (κ3) is 5.74. The summed E-state index contributed by atoms with van der Waals surface area (Å²) in [6.07, 6.45) is -6.35. The lowest BCUT2D eigenvalue weighted by Crippen LogP contribution is -2.62. The molecule has 11 heteroatoms. The van der Waals surface area contributed by atoms with E-state index in [0.717, 1.165) is 12.8 Å². The van der Waals surface area contributed by atoms with Crippen LogP contribution in [0.15, 0.2) is 0 Å². The van der Waals surface area contributed by atoms with E-state index >= 15 is 0 Å². The Bertz CT molecular complexity index is 684. The van der Waals surface area contributed by atoms with Gasteiger partial charge in [-0.15, -0.1) is 0 Å². The van der Waals surface area contributed by atoms with Gasteiger partial charge >= 0.3 is 5.97 Å². The average molecular weight is 491 g/mol. The van der Waals surface area contributed by atoms with Gasteiger partial charge in [-0.3, -0.25) is 4.79 Å². The van der Waals surface area contributed by atoms with Gasteiger partial charge < -0.3 is 49.6 Å². The van der Waals surface area contributed by atoms with Crippen LogP contribution in [0.25, 0.3) is 0 Å². The number of rotatable bonds is 5. The van der Waals surface area contributed by atoms with Crippen LogP contribution in [0, 0.1) is 11.8 Å². The highest BCUT2D eigenvalue weighted by molar-refractivity contribution is 5.65. The SMILES string of the molecule is CC(=O)OC[C@H]1O[C@@H](OC2CC3C(O)CC(O)CC3OC2C2CCC(O)CC2)[C@H](O)[C@@H](O)[C@@H]1O. The van der Waals surface area contributed by atoms with Gasteiger partial charge in [0.05, 0.1) is 36.6 Å². The third-order valence-electron chi connectivity index (χ3n) is 7.83. The van der Waals surface area contributed by atoms with Crippen molar-refractivity contribution in [3.05, 3.63) is 0 Å². The maximum Gasteiger partial charge on any atom is 0.302 e. The lowest BCUT2D eigenvalue weighted by Gasteiger charge is -2.51. The van der Waals surface area contributed by atoms with Gasteiger partial charge in [0.25, 0.3) is 0 Å². The molecule has 2 aliphatic carbocycles. The zero-order chi connectivity index (χ0) is 24.6. The third-order valence-corrected chi connectivity index (χ3v) is 7.83. The number of aliphatic hydroxyl groups is 6. The highest BCUT2D eigenvalue weighted by atomic mass is 16.7. The molecule has 2 saturated heterocycles. The monoisotopic (exact) mass is 490 g/mol. The molecule has 0 bridgehead atoms. The molecule has 4 aliphatic rings. The van der Waals surface area contributed by atoms with E-state index in [1.165, 1.54) is 6.92 Å². The molecule has 0 aromatic heterocycles. The van der Waals surface area contributed by atoms with Crippen molar-refractivity contribution in [2.24, 2.45) is 11.8 Å². The first kappa shape index (κ1) is 26.2. The normalized spacial score (nSPS) is 49.8. The number of hydrogen-bond donors (Lipinski definition) is 6. The maximum atomic E-state index is 11.2. The summed E-state index contributed by atoms with van der Waals surface area (Å²) in [6, 6.07) is 0. The van der Waals surface area contributed by atoms with Gasteiger partial charge in [0.2, 0.25) is 0 Å². The smallest absolute Gasteiger partial charge is 0.302 e. The van der Waals surface area contributed by atoms with Crippen LogP contribution in [-0.4, -0.2) is 111 Å². The molecule has 0 spiro atoms. The minimum absolute atomic E-state index is 0.0682. The van der Waals surface area contributed by atoms with Crippen molar-refractivity contribution in [2.45, 2.75) is 119 Å². The van der Waals surface area contributed by atoms with Crippen LogP contribution in [0.3, 0.4) is 0 Å². The Hall–Kier alpha value is -0.890. The molecule has 2 saturated carbocycles. The number of ether oxygens (including phenoxy) is 4. The van der Waals surface area contributed by atoms with Gasteiger partial charge in [0.1, 0.15) is 31.0 Å². The highest BCUT2D eigenvalue weighted by Gasteiger charge is 2.51. The number of aliphatic hydroxyl groups excluding tert-OH is 6. The molecule has 0 amide bonds. The van der Waals surface area contributed by atoms with E-state index < -0.39 is 61.1 Å². The van der Waals surface area contributed by atoms with Gasteiger partial charge in [-0.1, -0.05) is 0 Å². The highest BCUT2D eigenvalue weighted by Crippen LogP contribution is 2.43. The first-order valence-electron chi connectivity index (χ1n) is 12.3. The van der Waals surface area contributed by atoms with Crippen LogP contribution in [-0.2, 0) is 23.7 Å². The van der Waals surface area contributed by atoms with Crippen molar-refractivity contribution < 1.29 is 54.4 Å². The fourth-order valence-corrected chi connectivity index (χ4v) is 5.91. The summed E-state index contributed by atoms with van der Waals surface area (Å²) in [6.45, 7) is 0.898. The Morgan fingerprint density at radius 1 is 0.853 bits per heavy atom. The second-order valence-electron chi connectivity index (χ2n) is 10.3. The summed E-state index contributed by atoms with van der Waals surface area (Å²) >= 11 is 0. The van der Waals surface area contributed by atoms with Gasteiger partial charge in [-0.2, -0.15) is 0 Å². The van der Waals surface area contributed by atoms with Crippen LogP contribution >= 0.6 is 0 Å². The summed E-state index contributed by atoms with van der Waals surface area (Å²) in [5.41, 5.74) is 0. The van der Waals surface area contributed by atoms with Crippen LogP contribution in [0.4, 0.5) is 0 Å². The molecule has 6 unspecified atom stereocenters. The van der Waals surface area contributed by atoms with E-state index in [1.54, 1.807) is 0 Å². The van der Waals surface area contributed by atoms with E-state index in [9.17, 15) is 35.4 Å². The van der Waals surface area contributed by atoms with Crippen molar-refractivity contribution in [3.8, 4) is 0 Å². The second kappa shape index (κ2) is 11.0. The largest absolute Gasteiger partial charge is 0.463 e. The molecule has 2 aliphatic heterocycles. The van der Waals surface area contributed by atoms with Gasteiger partial charge in [-0.25, -0.2) is 0 Å². The number of carbonyl (C=O) groups excluding carboxylic acids is 1. The predicted molar refractivity (Wildman–Crippen MR) is 114 cm³/mol. The lowest BCUT2D eigenvalue weighted by molar-refractivity contribution is -0.333. The first-order valence-corrected chi connectivity index (χ1v) is 12.3. The van der Waals surface area contributed by atoms with Crippen LogP contribution in [0.1, 0.15) is 51.9 Å². The molecule has 0 aromatic rings. The van der Waals surface area contributed by atoms with E-state index in [-0.39, 0.29) is 37.1 Å². The average Bonchev–Trinajstić information content (AvgIpc) is 2.79. The first-order chi connectivity index (χ1) is 16.1. The Morgan fingerprint density at radius 3 is 2.24 bits per heavy atom. The van der Waals surface area contributed by atoms with E-state index in [0.29, 0.717) is 25.7 Å². The predicted octanol–water partition coefficient (Wildman–Crippen LogP) is -1.42. The Balaban J connectivity index is 1.50. The number of fused-ring (bicyclic) bond motifs is 1. The van der Waals surface area contributed by atoms with Crippen LogP contribution in [0.2, 0.25) is 0 Å². The molecule has 6 N–H and O–H groups in total. The van der Waals surface area contributed by atoms with E-state index in [2.05, 4.69) is 0 Å². The van der Waals surface area contributed by atoms with Crippen molar-refractivity contribution in [1.82, 2.24) is 0 Å². The minimum Gasteiger partial charge on any atom is -0.463 e.